The van der Waals surface area contributed by atoms with Crippen molar-refractivity contribution in [1.29, 1.82) is 0 Å². The first-order chi connectivity index (χ1) is 7.93. The summed E-state index contributed by atoms with van der Waals surface area (Å²) in [5.74, 6) is 8.00. The average molecular weight is 229 g/mol. The van der Waals surface area contributed by atoms with E-state index < -0.39 is 0 Å². The maximum Gasteiger partial charge on any atom is 0.00682 e. The van der Waals surface area contributed by atoms with Crippen molar-refractivity contribution in [3.8, 4) is 0 Å². The van der Waals surface area contributed by atoms with Crippen molar-refractivity contribution in [2.45, 2.75) is 77.2 Å². The van der Waals surface area contributed by atoms with Crippen molar-refractivity contribution in [2.75, 3.05) is 6.54 Å². The summed E-state index contributed by atoms with van der Waals surface area (Å²) in [5.41, 5.74) is 0. The van der Waals surface area contributed by atoms with Crippen LogP contribution in [0.25, 0.3) is 0 Å². The molecule has 1 rings (SSSR count). The smallest absolute Gasteiger partial charge is 0.00682 e. The standard InChI is InChI=1S/C13H27N.H4N2/c1-2-3-4-5-6-7-8-9-12-14-13-10-11-13;1-2/h13-14H,2-12H2,1H3;1-2H2. The zero-order valence-corrected chi connectivity index (χ0v) is 11.0. The van der Waals surface area contributed by atoms with Crippen LogP contribution in [0.1, 0.15) is 71.1 Å². The summed E-state index contributed by atoms with van der Waals surface area (Å²) in [7, 11) is 0. The number of nitrogens with two attached hydrogens (primary N) is 2. The molecule has 5 N–H and O–H groups in total. The Labute approximate surface area is 101 Å². The lowest BCUT2D eigenvalue weighted by molar-refractivity contribution is 0.554. The largest absolute Gasteiger partial charge is 0.314 e. The van der Waals surface area contributed by atoms with Crippen molar-refractivity contribution in [3.05, 3.63) is 0 Å². The van der Waals surface area contributed by atoms with Gasteiger partial charge in [-0.05, 0) is 25.8 Å². The Morgan fingerprint density at radius 2 is 1.38 bits per heavy atom. The fourth-order valence-corrected chi connectivity index (χ4v) is 1.85. The van der Waals surface area contributed by atoms with Gasteiger partial charge in [0.15, 0.2) is 0 Å². The zero-order valence-electron chi connectivity index (χ0n) is 11.0. The van der Waals surface area contributed by atoms with E-state index in [1.807, 2.05) is 0 Å². The van der Waals surface area contributed by atoms with Crippen LogP contribution < -0.4 is 17.0 Å². The molecule has 3 nitrogen and oxygen atoms in total. The van der Waals surface area contributed by atoms with E-state index in [9.17, 15) is 0 Å². The maximum atomic E-state index is 4.00. The predicted octanol–water partition coefficient (Wildman–Crippen LogP) is 2.70. The fourth-order valence-electron chi connectivity index (χ4n) is 1.85. The van der Waals surface area contributed by atoms with Gasteiger partial charge in [-0.1, -0.05) is 51.9 Å². The maximum absolute atomic E-state index is 4.00. The first-order valence-electron chi connectivity index (χ1n) is 7.00. The van der Waals surface area contributed by atoms with Gasteiger partial charge in [-0.3, -0.25) is 11.7 Å². The number of hydrazine groups is 1. The molecule has 0 aromatic rings. The Morgan fingerprint density at radius 3 is 1.88 bits per heavy atom. The van der Waals surface area contributed by atoms with Gasteiger partial charge in [-0.15, -0.1) is 0 Å². The fraction of sp³-hybridized carbons (Fsp3) is 1.00. The second-order valence-corrected chi connectivity index (χ2v) is 4.70. The lowest BCUT2D eigenvalue weighted by Gasteiger charge is -2.02. The first kappa shape index (κ1) is 15.9. The number of unbranched alkanes of at least 4 members (excludes halogenated alkanes) is 7. The predicted molar refractivity (Wildman–Crippen MR) is 72.0 cm³/mol. The molecule has 1 fully saturated rings. The molecular weight excluding hydrogens is 198 g/mol. The SMILES string of the molecule is CCCCCCCCCCNC1CC1.NN. The molecule has 3 heteroatoms. The average Bonchev–Trinajstić information content (AvgIpc) is 3.14. The number of hydrogen-bond acceptors (Lipinski definition) is 3. The monoisotopic (exact) mass is 229 g/mol. The number of nitrogens with one attached hydrogen (secondary N) is 1. The molecule has 98 valence electrons. The summed E-state index contributed by atoms with van der Waals surface area (Å²) in [4.78, 5) is 0. The second kappa shape index (κ2) is 12.9. The van der Waals surface area contributed by atoms with Gasteiger partial charge in [0.25, 0.3) is 0 Å². The summed E-state index contributed by atoms with van der Waals surface area (Å²) in [5, 5.41) is 3.57. The highest BCUT2D eigenvalue weighted by atomic mass is 15.0. The molecule has 0 aromatic heterocycles. The van der Waals surface area contributed by atoms with Crippen LogP contribution in [0, 0.1) is 0 Å². The summed E-state index contributed by atoms with van der Waals surface area (Å²) in [6.45, 7) is 3.54. The van der Waals surface area contributed by atoms with E-state index in [0.717, 1.165) is 6.04 Å². The highest BCUT2D eigenvalue weighted by molar-refractivity contribution is 4.80. The van der Waals surface area contributed by atoms with Gasteiger partial charge in [0.05, 0.1) is 0 Å². The molecule has 16 heavy (non-hydrogen) atoms. The minimum atomic E-state index is 0.902. The van der Waals surface area contributed by atoms with Crippen molar-refractivity contribution < 1.29 is 0 Å². The molecule has 0 radical (unpaired) electrons. The summed E-state index contributed by atoms with van der Waals surface area (Å²) >= 11 is 0. The van der Waals surface area contributed by atoms with Gasteiger partial charge in [0.1, 0.15) is 0 Å². The molecule has 0 amide bonds. The molecule has 1 aliphatic rings. The Balaban J connectivity index is 0.00000106. The summed E-state index contributed by atoms with van der Waals surface area (Å²) < 4.78 is 0. The lowest BCUT2D eigenvalue weighted by Crippen LogP contribution is -2.17. The Hall–Kier alpha value is -0.120. The number of hydrogen-bond donors (Lipinski definition) is 3. The van der Waals surface area contributed by atoms with Crippen LogP contribution in [0.3, 0.4) is 0 Å². The van der Waals surface area contributed by atoms with Crippen molar-refractivity contribution in [1.82, 2.24) is 5.32 Å². The molecule has 0 atom stereocenters. The molecule has 1 saturated carbocycles. The van der Waals surface area contributed by atoms with Crippen LogP contribution in [0.15, 0.2) is 0 Å². The van der Waals surface area contributed by atoms with Gasteiger partial charge in [-0.25, -0.2) is 0 Å². The minimum absolute atomic E-state index is 0.902. The van der Waals surface area contributed by atoms with Gasteiger partial charge >= 0.3 is 0 Å². The van der Waals surface area contributed by atoms with E-state index in [1.165, 1.54) is 70.8 Å². The summed E-state index contributed by atoms with van der Waals surface area (Å²) in [6, 6.07) is 0.902. The molecule has 0 spiro atoms. The normalized spacial score (nSPS) is 14.4. The van der Waals surface area contributed by atoms with Gasteiger partial charge < -0.3 is 5.32 Å². The van der Waals surface area contributed by atoms with E-state index in [4.69, 9.17) is 0 Å². The van der Waals surface area contributed by atoms with Gasteiger partial charge in [0, 0.05) is 6.04 Å². The van der Waals surface area contributed by atoms with E-state index in [2.05, 4.69) is 23.9 Å². The van der Waals surface area contributed by atoms with Gasteiger partial charge in [0.2, 0.25) is 0 Å². The van der Waals surface area contributed by atoms with Crippen molar-refractivity contribution in [2.24, 2.45) is 11.7 Å². The van der Waals surface area contributed by atoms with E-state index >= 15 is 0 Å². The topological polar surface area (TPSA) is 64.1 Å². The van der Waals surface area contributed by atoms with E-state index in [-0.39, 0.29) is 0 Å². The van der Waals surface area contributed by atoms with Crippen LogP contribution in [-0.4, -0.2) is 12.6 Å². The van der Waals surface area contributed by atoms with Crippen molar-refractivity contribution >= 4 is 0 Å². The third kappa shape index (κ3) is 12.0. The number of rotatable bonds is 10. The quantitative estimate of drug-likeness (QED) is 0.306. The zero-order chi connectivity index (χ0) is 12.1. The third-order valence-electron chi connectivity index (χ3n) is 3.04. The third-order valence-corrected chi connectivity index (χ3v) is 3.04. The molecule has 0 heterocycles. The highest BCUT2D eigenvalue weighted by Crippen LogP contribution is 2.18. The molecule has 0 bridgehead atoms. The van der Waals surface area contributed by atoms with Gasteiger partial charge in [-0.2, -0.15) is 0 Å². The molecule has 0 saturated heterocycles. The Morgan fingerprint density at radius 1 is 0.875 bits per heavy atom. The Kier molecular flexibility index (Phi) is 12.9. The first-order valence-corrected chi connectivity index (χ1v) is 7.00. The van der Waals surface area contributed by atoms with Crippen LogP contribution in [0.4, 0.5) is 0 Å². The molecule has 1 aliphatic carbocycles. The van der Waals surface area contributed by atoms with Crippen LogP contribution >= 0.6 is 0 Å². The van der Waals surface area contributed by atoms with E-state index in [0.29, 0.717) is 0 Å². The minimum Gasteiger partial charge on any atom is -0.314 e. The molecule has 0 aromatic carbocycles. The highest BCUT2D eigenvalue weighted by Gasteiger charge is 2.19. The lowest BCUT2D eigenvalue weighted by atomic mass is 10.1. The van der Waals surface area contributed by atoms with Crippen LogP contribution in [0.5, 0.6) is 0 Å². The van der Waals surface area contributed by atoms with Crippen LogP contribution in [-0.2, 0) is 0 Å². The van der Waals surface area contributed by atoms with E-state index in [1.54, 1.807) is 0 Å². The molecule has 0 aliphatic heterocycles. The van der Waals surface area contributed by atoms with Crippen molar-refractivity contribution in [3.63, 3.8) is 0 Å². The summed E-state index contributed by atoms with van der Waals surface area (Å²) in [6.07, 6.45) is 14.3. The van der Waals surface area contributed by atoms with Crippen LogP contribution in [0.2, 0.25) is 0 Å². The Bertz CT molecular complexity index is 124. The molecular formula is C13H31N3. The molecule has 0 unspecified atom stereocenters. The second-order valence-electron chi connectivity index (χ2n) is 4.70.